The highest BCUT2D eigenvalue weighted by molar-refractivity contribution is 6.35. The number of halogens is 1. The van der Waals surface area contributed by atoms with E-state index in [4.69, 9.17) is 20.4 Å². The smallest absolute Gasteiger partial charge is 0.232 e. The minimum atomic E-state index is -0.216. The Morgan fingerprint density at radius 1 is 1.05 bits per heavy atom. The molecule has 0 aliphatic rings. The molecule has 0 fully saturated rings. The predicted octanol–water partition coefficient (Wildman–Crippen LogP) is 5.06. The molecule has 0 amide bonds. The van der Waals surface area contributed by atoms with Gasteiger partial charge in [0.25, 0.3) is 0 Å². The molecule has 0 bridgehead atoms. The third-order valence-electron chi connectivity index (χ3n) is 3.45. The van der Waals surface area contributed by atoms with Gasteiger partial charge in [0, 0.05) is 10.8 Å². The summed E-state index contributed by atoms with van der Waals surface area (Å²) in [7, 11) is 0. The van der Waals surface area contributed by atoms with E-state index in [0.717, 1.165) is 10.8 Å². The van der Waals surface area contributed by atoms with Crippen molar-refractivity contribution in [2.45, 2.75) is 0 Å². The van der Waals surface area contributed by atoms with Gasteiger partial charge >= 0.3 is 0 Å². The van der Waals surface area contributed by atoms with Gasteiger partial charge in [-0.05, 0) is 18.2 Å². The number of fused-ring (bicyclic) bond motifs is 2. The second-order valence-corrected chi connectivity index (χ2v) is 5.15. The van der Waals surface area contributed by atoms with Crippen molar-refractivity contribution < 1.29 is 13.6 Å². The zero-order chi connectivity index (χ0) is 14.4. The van der Waals surface area contributed by atoms with Crippen LogP contribution >= 0.6 is 11.6 Å². The van der Waals surface area contributed by atoms with Gasteiger partial charge in [-0.1, -0.05) is 41.9 Å². The van der Waals surface area contributed by atoms with E-state index in [-0.39, 0.29) is 11.5 Å². The van der Waals surface area contributed by atoms with Crippen molar-refractivity contribution in [1.82, 2.24) is 0 Å². The molecule has 4 aromatic rings. The van der Waals surface area contributed by atoms with Crippen molar-refractivity contribution in [2.24, 2.45) is 0 Å². The molecular weight excluding hydrogens is 288 g/mol. The van der Waals surface area contributed by atoms with Gasteiger partial charge < -0.3 is 8.83 Å². The van der Waals surface area contributed by atoms with Gasteiger partial charge in [-0.3, -0.25) is 4.79 Å². The Labute approximate surface area is 124 Å². The number of furan rings is 2. The lowest BCUT2D eigenvalue weighted by Gasteiger charge is -1.94. The van der Waals surface area contributed by atoms with E-state index in [1.54, 1.807) is 12.1 Å². The van der Waals surface area contributed by atoms with Crippen molar-refractivity contribution in [1.29, 1.82) is 0 Å². The van der Waals surface area contributed by atoms with Gasteiger partial charge in [-0.2, -0.15) is 0 Å². The second-order valence-electron chi connectivity index (χ2n) is 4.74. The Morgan fingerprint density at radius 2 is 1.90 bits per heavy atom. The Hall–Kier alpha value is -2.52. The molecule has 4 heteroatoms. The summed E-state index contributed by atoms with van der Waals surface area (Å²) in [5.74, 6) is 0.0388. The highest BCUT2D eigenvalue weighted by atomic mass is 35.5. The van der Waals surface area contributed by atoms with Crippen molar-refractivity contribution in [3.8, 4) is 0 Å². The number of rotatable bonds is 2. The van der Waals surface area contributed by atoms with Gasteiger partial charge in [0.05, 0.1) is 10.6 Å². The average molecular weight is 297 g/mol. The van der Waals surface area contributed by atoms with Crippen LogP contribution in [0.1, 0.15) is 16.1 Å². The first-order chi connectivity index (χ1) is 10.2. The fraction of sp³-hybridized carbons (Fsp3) is 0. The molecule has 0 spiro atoms. The van der Waals surface area contributed by atoms with Crippen LogP contribution in [0.5, 0.6) is 0 Å². The van der Waals surface area contributed by atoms with Crippen molar-refractivity contribution >= 4 is 39.3 Å². The Kier molecular flexibility index (Phi) is 2.62. The van der Waals surface area contributed by atoms with E-state index in [9.17, 15) is 4.79 Å². The summed E-state index contributed by atoms with van der Waals surface area (Å²) >= 11 is 6.07. The van der Waals surface area contributed by atoms with E-state index >= 15 is 0 Å². The average Bonchev–Trinajstić information content (AvgIpc) is 3.11. The molecule has 2 heterocycles. The van der Waals surface area contributed by atoms with E-state index in [1.807, 2.05) is 36.4 Å². The fourth-order valence-corrected chi connectivity index (χ4v) is 2.65. The number of hydrogen-bond acceptors (Lipinski definition) is 3. The fourth-order valence-electron chi connectivity index (χ4n) is 2.43. The van der Waals surface area contributed by atoms with E-state index < -0.39 is 0 Å². The molecule has 0 aliphatic heterocycles. The quantitative estimate of drug-likeness (QED) is 0.485. The number of ketones is 1. The molecule has 4 rings (SSSR count). The largest absolute Gasteiger partial charge is 0.464 e. The number of para-hydroxylation sites is 2. The summed E-state index contributed by atoms with van der Waals surface area (Å²) in [6.45, 7) is 0. The summed E-state index contributed by atoms with van der Waals surface area (Å²) in [6, 6.07) is 14.5. The molecule has 0 saturated carbocycles. The maximum absolute atomic E-state index is 12.6. The monoisotopic (exact) mass is 296 g/mol. The summed E-state index contributed by atoms with van der Waals surface area (Å²) in [4.78, 5) is 12.6. The zero-order valence-corrected chi connectivity index (χ0v) is 11.6. The van der Waals surface area contributed by atoms with Crippen LogP contribution in [-0.2, 0) is 0 Å². The molecular formula is C17H9ClO3. The van der Waals surface area contributed by atoms with Crippen molar-refractivity contribution in [2.75, 3.05) is 0 Å². The molecule has 21 heavy (non-hydrogen) atoms. The third kappa shape index (κ3) is 1.86. The van der Waals surface area contributed by atoms with Crippen molar-refractivity contribution in [3.63, 3.8) is 0 Å². The van der Waals surface area contributed by atoms with Crippen LogP contribution in [-0.4, -0.2) is 5.78 Å². The first kappa shape index (κ1) is 12.2. The Morgan fingerprint density at radius 3 is 2.76 bits per heavy atom. The highest BCUT2D eigenvalue weighted by Gasteiger charge is 2.19. The Balaban J connectivity index is 1.88. The highest BCUT2D eigenvalue weighted by Crippen LogP contribution is 2.29. The third-order valence-corrected chi connectivity index (χ3v) is 3.74. The van der Waals surface area contributed by atoms with Crippen LogP contribution in [0.2, 0.25) is 5.02 Å². The molecule has 0 saturated heterocycles. The normalized spacial score (nSPS) is 11.3. The molecule has 0 atom stereocenters. The molecule has 2 aromatic heterocycles. The second kappa shape index (κ2) is 4.50. The van der Waals surface area contributed by atoms with Gasteiger partial charge in [-0.15, -0.1) is 0 Å². The lowest BCUT2D eigenvalue weighted by Crippen LogP contribution is -1.97. The molecule has 0 aliphatic carbocycles. The SMILES string of the molecule is O=C(c1cc2cccc(Cl)c2o1)c1coc2ccccc12. The van der Waals surface area contributed by atoms with Gasteiger partial charge in [0.15, 0.2) is 11.3 Å². The predicted molar refractivity (Wildman–Crippen MR) is 80.9 cm³/mol. The van der Waals surface area contributed by atoms with Crippen LogP contribution in [0, 0.1) is 0 Å². The van der Waals surface area contributed by atoms with Crippen LogP contribution < -0.4 is 0 Å². The summed E-state index contributed by atoms with van der Waals surface area (Å²) < 4.78 is 11.0. The number of benzene rings is 2. The lowest BCUT2D eigenvalue weighted by molar-refractivity contribution is 0.101. The molecule has 0 N–H and O–H groups in total. The topological polar surface area (TPSA) is 43.4 Å². The molecule has 102 valence electrons. The molecule has 0 radical (unpaired) electrons. The van der Waals surface area contributed by atoms with Crippen LogP contribution in [0.4, 0.5) is 0 Å². The summed E-state index contributed by atoms with van der Waals surface area (Å²) in [5, 5.41) is 2.07. The standard InChI is InChI=1S/C17H9ClO3/c18-13-6-3-4-10-8-15(21-17(10)13)16(19)12-9-20-14-7-2-1-5-11(12)14/h1-9H. The lowest BCUT2D eigenvalue weighted by atomic mass is 10.1. The minimum absolute atomic E-state index is 0.216. The maximum Gasteiger partial charge on any atom is 0.232 e. The van der Waals surface area contributed by atoms with Crippen LogP contribution in [0.25, 0.3) is 21.9 Å². The Bertz CT molecular complexity index is 978. The summed E-state index contributed by atoms with van der Waals surface area (Å²) in [5.41, 5.74) is 1.69. The maximum atomic E-state index is 12.6. The summed E-state index contributed by atoms with van der Waals surface area (Å²) in [6.07, 6.45) is 1.46. The number of carbonyl (C=O) groups is 1. The van der Waals surface area contributed by atoms with Crippen LogP contribution in [0.15, 0.2) is 63.6 Å². The van der Waals surface area contributed by atoms with E-state index in [1.165, 1.54) is 6.26 Å². The van der Waals surface area contributed by atoms with E-state index in [2.05, 4.69) is 0 Å². The van der Waals surface area contributed by atoms with Gasteiger partial charge in [-0.25, -0.2) is 0 Å². The molecule has 0 unspecified atom stereocenters. The first-order valence-corrected chi connectivity index (χ1v) is 6.81. The molecule has 3 nitrogen and oxygen atoms in total. The first-order valence-electron chi connectivity index (χ1n) is 6.43. The van der Waals surface area contributed by atoms with Crippen molar-refractivity contribution in [3.05, 3.63) is 71.1 Å². The minimum Gasteiger partial charge on any atom is -0.464 e. The van der Waals surface area contributed by atoms with Gasteiger partial charge in [0.1, 0.15) is 11.8 Å². The van der Waals surface area contributed by atoms with Crippen LogP contribution in [0.3, 0.4) is 0 Å². The zero-order valence-electron chi connectivity index (χ0n) is 10.8. The number of carbonyl (C=O) groups excluding carboxylic acids is 1. The van der Waals surface area contributed by atoms with Gasteiger partial charge in [0.2, 0.25) is 5.78 Å². The number of hydrogen-bond donors (Lipinski definition) is 0. The van der Waals surface area contributed by atoms with E-state index in [0.29, 0.717) is 21.8 Å². The molecule has 2 aromatic carbocycles.